The molecule has 1 amide bonds. The normalized spacial score (nSPS) is 9.14. The summed E-state index contributed by atoms with van der Waals surface area (Å²) in [4.78, 5) is 9.62. The lowest BCUT2D eigenvalue weighted by Gasteiger charge is -2.11. The number of hydrazine groups is 1. The van der Waals surface area contributed by atoms with Gasteiger partial charge >= 0.3 is 6.41 Å². The predicted molar refractivity (Wildman–Crippen MR) is 26.9 cm³/mol. The summed E-state index contributed by atoms with van der Waals surface area (Å²) in [7, 11) is 0. The van der Waals surface area contributed by atoms with E-state index in [0.717, 1.165) is 5.01 Å². The Morgan fingerprint density at radius 3 is 2.14 bits per heavy atom. The summed E-state index contributed by atoms with van der Waals surface area (Å²) in [5.74, 6) is 5.03. The summed E-state index contributed by atoms with van der Waals surface area (Å²) in [5.41, 5.74) is 0. The van der Waals surface area contributed by atoms with Crippen molar-refractivity contribution < 1.29 is 4.79 Å². The summed E-state index contributed by atoms with van der Waals surface area (Å²) in [6, 6.07) is 0.0532. The molecule has 0 saturated carbocycles. The highest BCUT2D eigenvalue weighted by molar-refractivity contribution is 5.47. The quantitative estimate of drug-likeness (QED) is 0.223. The van der Waals surface area contributed by atoms with Crippen LogP contribution in [0.3, 0.4) is 0 Å². The van der Waals surface area contributed by atoms with Crippen LogP contribution in [0, 0.1) is 0 Å². The second kappa shape index (κ2) is 2.58. The minimum atomic E-state index is 0.0532. The molecule has 0 bridgehead atoms. The number of nitrogens with two attached hydrogens (primary N) is 1. The first-order valence-corrected chi connectivity index (χ1v) is 2.10. The van der Waals surface area contributed by atoms with Gasteiger partial charge in [0.15, 0.2) is 0 Å². The first kappa shape index (κ1) is 6.43. The smallest absolute Gasteiger partial charge is 0.270 e. The molecule has 0 rings (SSSR count). The Morgan fingerprint density at radius 1 is 1.71 bits per heavy atom. The number of hydrogen-bond donors (Lipinski definition) is 1. The van der Waals surface area contributed by atoms with Crippen molar-refractivity contribution in [3.63, 3.8) is 0 Å². The molecule has 41 valence electrons. The minimum Gasteiger partial charge on any atom is -0.270 e. The van der Waals surface area contributed by atoms with Crippen LogP contribution in [0.2, 0.25) is 0 Å². The third-order valence-electron chi connectivity index (χ3n) is 0.662. The van der Waals surface area contributed by atoms with Crippen LogP contribution in [0.25, 0.3) is 0 Å². The molecule has 0 saturated heterocycles. The zero-order valence-corrected chi connectivity index (χ0v) is 4.51. The molecule has 1 radical (unpaired) electrons. The van der Waals surface area contributed by atoms with E-state index in [1.165, 1.54) is 6.41 Å². The van der Waals surface area contributed by atoms with Crippen LogP contribution in [-0.4, -0.2) is 17.5 Å². The van der Waals surface area contributed by atoms with Crippen LogP contribution < -0.4 is 5.84 Å². The number of carbonyl (C=O) groups excluding carboxylic acids is 1. The van der Waals surface area contributed by atoms with Crippen LogP contribution in [0.5, 0.6) is 0 Å². The maximum atomic E-state index is 9.62. The molecule has 0 aliphatic carbocycles. The zero-order chi connectivity index (χ0) is 5.86. The van der Waals surface area contributed by atoms with E-state index < -0.39 is 0 Å². The van der Waals surface area contributed by atoms with Gasteiger partial charge in [-0.1, -0.05) is 0 Å². The van der Waals surface area contributed by atoms with Crippen molar-refractivity contribution in [3.05, 3.63) is 0 Å². The molecule has 0 fully saturated rings. The standard InChI is InChI=1S/C4H9N2O/c1-4(2)6(5)3-7/h4H,5H2,1-2H3. The summed E-state index contributed by atoms with van der Waals surface area (Å²) >= 11 is 0. The predicted octanol–water partition coefficient (Wildman–Crippen LogP) is -0.362. The van der Waals surface area contributed by atoms with Gasteiger partial charge in [0.25, 0.3) is 0 Å². The molecule has 0 atom stereocenters. The van der Waals surface area contributed by atoms with E-state index in [4.69, 9.17) is 5.84 Å². The second-order valence-electron chi connectivity index (χ2n) is 1.59. The average molecular weight is 101 g/mol. The maximum Gasteiger partial charge on any atom is 0.327 e. The average Bonchev–Trinajstić information content (AvgIpc) is 1.65. The van der Waals surface area contributed by atoms with Crippen molar-refractivity contribution in [2.45, 2.75) is 19.9 Å². The fourth-order valence-corrected chi connectivity index (χ4v) is 0.105. The molecule has 0 aromatic rings. The van der Waals surface area contributed by atoms with E-state index in [-0.39, 0.29) is 6.04 Å². The van der Waals surface area contributed by atoms with Crippen molar-refractivity contribution in [3.8, 4) is 0 Å². The highest BCUT2D eigenvalue weighted by Gasteiger charge is 1.97. The summed E-state index contributed by atoms with van der Waals surface area (Å²) in [6.07, 6.45) is 1.53. The molecule has 3 nitrogen and oxygen atoms in total. The maximum absolute atomic E-state index is 9.62. The Kier molecular flexibility index (Phi) is 2.37. The summed E-state index contributed by atoms with van der Waals surface area (Å²) in [5, 5.41) is 0.986. The molecule has 0 aromatic carbocycles. The van der Waals surface area contributed by atoms with Crippen molar-refractivity contribution in [1.29, 1.82) is 0 Å². The fourth-order valence-electron chi connectivity index (χ4n) is 0.105. The molecule has 3 heteroatoms. The number of rotatable bonds is 2. The SMILES string of the molecule is CC(C)N(N)[C]=O. The third kappa shape index (κ3) is 2.17. The van der Waals surface area contributed by atoms with Crippen LogP contribution in [0.4, 0.5) is 0 Å². The molecule has 0 unspecified atom stereocenters. The van der Waals surface area contributed by atoms with Gasteiger partial charge in [-0.25, -0.2) is 5.84 Å². The third-order valence-corrected chi connectivity index (χ3v) is 0.662. The molecule has 0 aromatic heterocycles. The molecule has 2 N–H and O–H groups in total. The Morgan fingerprint density at radius 2 is 2.14 bits per heavy atom. The Balaban J connectivity index is 3.33. The van der Waals surface area contributed by atoms with Gasteiger partial charge in [0.2, 0.25) is 0 Å². The highest BCUT2D eigenvalue weighted by atomic mass is 16.1. The Hall–Kier alpha value is -0.570. The lowest BCUT2D eigenvalue weighted by atomic mass is 10.4. The summed E-state index contributed by atoms with van der Waals surface area (Å²) < 4.78 is 0. The summed E-state index contributed by atoms with van der Waals surface area (Å²) in [6.45, 7) is 3.62. The molecular formula is C4H9N2O. The lowest BCUT2D eigenvalue weighted by Crippen LogP contribution is -2.35. The van der Waals surface area contributed by atoms with Crippen molar-refractivity contribution >= 4 is 6.41 Å². The number of hydrogen-bond acceptors (Lipinski definition) is 2. The number of nitrogens with zero attached hydrogens (tertiary/aromatic N) is 1. The van der Waals surface area contributed by atoms with Gasteiger partial charge in [0.05, 0.1) is 0 Å². The van der Waals surface area contributed by atoms with Crippen molar-refractivity contribution in [2.75, 3.05) is 0 Å². The van der Waals surface area contributed by atoms with Gasteiger partial charge in [0, 0.05) is 6.04 Å². The van der Waals surface area contributed by atoms with Gasteiger partial charge < -0.3 is 0 Å². The largest absolute Gasteiger partial charge is 0.327 e. The van der Waals surface area contributed by atoms with Gasteiger partial charge in [-0.15, -0.1) is 0 Å². The van der Waals surface area contributed by atoms with Crippen molar-refractivity contribution in [1.82, 2.24) is 5.01 Å². The van der Waals surface area contributed by atoms with Gasteiger partial charge in [0.1, 0.15) is 0 Å². The van der Waals surface area contributed by atoms with E-state index in [9.17, 15) is 4.79 Å². The van der Waals surface area contributed by atoms with Crippen LogP contribution in [-0.2, 0) is 4.79 Å². The van der Waals surface area contributed by atoms with Crippen molar-refractivity contribution in [2.24, 2.45) is 5.84 Å². The van der Waals surface area contributed by atoms with E-state index in [1.807, 2.05) is 13.8 Å². The second-order valence-corrected chi connectivity index (χ2v) is 1.59. The molecule has 7 heavy (non-hydrogen) atoms. The van der Waals surface area contributed by atoms with Crippen LogP contribution in [0.15, 0.2) is 0 Å². The minimum absolute atomic E-state index is 0.0532. The first-order valence-electron chi connectivity index (χ1n) is 2.10. The monoisotopic (exact) mass is 101 g/mol. The fraction of sp³-hybridized carbons (Fsp3) is 0.750. The van der Waals surface area contributed by atoms with E-state index in [0.29, 0.717) is 0 Å². The Bertz CT molecular complexity index is 62.7. The lowest BCUT2D eigenvalue weighted by molar-refractivity contribution is 0.335. The topological polar surface area (TPSA) is 46.3 Å². The van der Waals surface area contributed by atoms with E-state index >= 15 is 0 Å². The van der Waals surface area contributed by atoms with E-state index in [1.54, 1.807) is 0 Å². The van der Waals surface area contributed by atoms with E-state index in [2.05, 4.69) is 0 Å². The van der Waals surface area contributed by atoms with Crippen LogP contribution in [0.1, 0.15) is 13.8 Å². The molecular weight excluding hydrogens is 92.1 g/mol. The highest BCUT2D eigenvalue weighted by Crippen LogP contribution is 1.81. The molecule has 0 spiro atoms. The molecule has 0 heterocycles. The molecule has 0 aliphatic rings. The Labute approximate surface area is 43.1 Å². The van der Waals surface area contributed by atoms with Crippen LogP contribution >= 0.6 is 0 Å². The van der Waals surface area contributed by atoms with Gasteiger partial charge in [-0.2, -0.15) is 0 Å². The number of amides is 1. The zero-order valence-electron chi connectivity index (χ0n) is 4.51. The molecule has 0 aliphatic heterocycles. The first-order chi connectivity index (χ1) is 3.18. The van der Waals surface area contributed by atoms with Gasteiger partial charge in [-0.3, -0.25) is 9.80 Å². The van der Waals surface area contributed by atoms with Gasteiger partial charge in [-0.05, 0) is 13.8 Å².